The number of rotatable bonds is 3. The van der Waals surface area contributed by atoms with Gasteiger partial charge in [0.2, 0.25) is 6.79 Å². The molecule has 0 bridgehead atoms. The number of aromatic amines is 1. The number of H-pyrrole nitrogens is 1. The Kier molecular flexibility index (Phi) is 3.71. The Morgan fingerprint density at radius 2 is 2.05 bits per heavy atom. The minimum Gasteiger partial charge on any atom is -0.454 e. The van der Waals surface area contributed by atoms with Crippen LogP contribution in [0.3, 0.4) is 0 Å². The fraction of sp³-hybridized carbons (Fsp3) is 0.154. The van der Waals surface area contributed by atoms with Crippen LogP contribution in [0.25, 0.3) is 0 Å². The van der Waals surface area contributed by atoms with Crippen LogP contribution in [0.1, 0.15) is 16.1 Å². The SMILES string of the molecule is O=C(NCc1ccc2c(c1)OCO2)c1cc(Br)c(Br)[nH]1. The number of amides is 1. The van der Waals surface area contributed by atoms with Crippen molar-refractivity contribution in [2.24, 2.45) is 0 Å². The van der Waals surface area contributed by atoms with Crippen molar-refractivity contribution < 1.29 is 14.3 Å². The van der Waals surface area contributed by atoms with Crippen LogP contribution in [0.4, 0.5) is 0 Å². The molecule has 5 nitrogen and oxygen atoms in total. The molecule has 1 aliphatic heterocycles. The highest BCUT2D eigenvalue weighted by Crippen LogP contribution is 2.32. The number of ether oxygens (including phenoxy) is 2. The Bertz CT molecular complexity index is 650. The Morgan fingerprint density at radius 3 is 2.80 bits per heavy atom. The normalized spacial score (nSPS) is 12.5. The van der Waals surface area contributed by atoms with Gasteiger partial charge in [0.15, 0.2) is 11.5 Å². The first-order chi connectivity index (χ1) is 9.63. The topological polar surface area (TPSA) is 63.4 Å². The quantitative estimate of drug-likeness (QED) is 0.830. The van der Waals surface area contributed by atoms with Gasteiger partial charge in [-0.3, -0.25) is 4.79 Å². The van der Waals surface area contributed by atoms with E-state index in [1.807, 2.05) is 18.2 Å². The van der Waals surface area contributed by atoms with Gasteiger partial charge in [-0.1, -0.05) is 6.07 Å². The number of carbonyl (C=O) groups excluding carboxylic acids is 1. The molecule has 0 fully saturated rings. The largest absolute Gasteiger partial charge is 0.454 e. The van der Waals surface area contributed by atoms with Gasteiger partial charge in [0.05, 0.1) is 9.08 Å². The number of hydrogen-bond acceptors (Lipinski definition) is 3. The Morgan fingerprint density at radius 1 is 1.25 bits per heavy atom. The van der Waals surface area contributed by atoms with Gasteiger partial charge in [0, 0.05) is 6.54 Å². The van der Waals surface area contributed by atoms with Crippen LogP contribution in [0.5, 0.6) is 11.5 Å². The van der Waals surface area contributed by atoms with E-state index in [2.05, 4.69) is 42.2 Å². The third-order valence-corrected chi connectivity index (χ3v) is 4.64. The molecule has 1 aromatic heterocycles. The number of aromatic nitrogens is 1. The molecule has 2 N–H and O–H groups in total. The van der Waals surface area contributed by atoms with E-state index in [0.29, 0.717) is 18.0 Å². The van der Waals surface area contributed by atoms with Gasteiger partial charge in [0.1, 0.15) is 5.69 Å². The molecule has 0 atom stereocenters. The number of nitrogens with one attached hydrogen (secondary N) is 2. The lowest BCUT2D eigenvalue weighted by atomic mass is 10.2. The molecular formula is C13H10Br2N2O3. The molecule has 1 aromatic carbocycles. The zero-order valence-corrected chi connectivity index (χ0v) is 13.4. The lowest BCUT2D eigenvalue weighted by molar-refractivity contribution is 0.0946. The van der Waals surface area contributed by atoms with Crippen LogP contribution in [-0.4, -0.2) is 17.7 Å². The minimum atomic E-state index is -0.172. The monoisotopic (exact) mass is 400 g/mol. The third-order valence-electron chi connectivity index (χ3n) is 2.86. The van der Waals surface area contributed by atoms with Crippen molar-refractivity contribution in [1.82, 2.24) is 10.3 Å². The van der Waals surface area contributed by atoms with Crippen molar-refractivity contribution >= 4 is 37.8 Å². The predicted octanol–water partition coefficient (Wildman–Crippen LogP) is 3.20. The molecule has 1 amide bonds. The van der Waals surface area contributed by atoms with E-state index in [1.54, 1.807) is 6.07 Å². The van der Waals surface area contributed by atoms with E-state index in [0.717, 1.165) is 20.4 Å². The predicted molar refractivity (Wildman–Crippen MR) is 79.9 cm³/mol. The molecule has 2 heterocycles. The number of benzene rings is 1. The summed E-state index contributed by atoms with van der Waals surface area (Å²) in [5.74, 6) is 1.27. The van der Waals surface area contributed by atoms with Crippen molar-refractivity contribution in [3.05, 3.63) is 44.6 Å². The molecule has 20 heavy (non-hydrogen) atoms. The van der Waals surface area contributed by atoms with Crippen molar-refractivity contribution in [2.75, 3.05) is 6.79 Å². The van der Waals surface area contributed by atoms with Gasteiger partial charge in [-0.2, -0.15) is 0 Å². The molecule has 0 unspecified atom stereocenters. The maximum atomic E-state index is 12.0. The molecule has 0 aliphatic carbocycles. The molecular weight excluding hydrogens is 392 g/mol. The maximum Gasteiger partial charge on any atom is 0.268 e. The van der Waals surface area contributed by atoms with Crippen LogP contribution < -0.4 is 14.8 Å². The second-order valence-corrected chi connectivity index (χ2v) is 5.86. The van der Waals surface area contributed by atoms with E-state index < -0.39 is 0 Å². The van der Waals surface area contributed by atoms with E-state index >= 15 is 0 Å². The molecule has 0 spiro atoms. The van der Waals surface area contributed by atoms with E-state index in [9.17, 15) is 4.79 Å². The van der Waals surface area contributed by atoms with Gasteiger partial charge in [-0.15, -0.1) is 0 Å². The van der Waals surface area contributed by atoms with Gasteiger partial charge in [0.25, 0.3) is 5.91 Å². The number of fused-ring (bicyclic) bond motifs is 1. The summed E-state index contributed by atoms with van der Waals surface area (Å²) >= 11 is 6.63. The molecule has 104 valence electrons. The molecule has 3 rings (SSSR count). The second-order valence-electron chi connectivity index (χ2n) is 4.22. The average molecular weight is 402 g/mol. The summed E-state index contributed by atoms with van der Waals surface area (Å²) < 4.78 is 12.1. The van der Waals surface area contributed by atoms with Crippen molar-refractivity contribution in [3.8, 4) is 11.5 Å². The average Bonchev–Trinajstić information content (AvgIpc) is 3.03. The zero-order valence-electron chi connectivity index (χ0n) is 10.2. The van der Waals surface area contributed by atoms with Gasteiger partial charge in [-0.25, -0.2) is 0 Å². The lowest BCUT2D eigenvalue weighted by Crippen LogP contribution is -2.23. The first-order valence-corrected chi connectivity index (χ1v) is 7.43. The Labute approximate surface area is 131 Å². The summed E-state index contributed by atoms with van der Waals surface area (Å²) in [6.07, 6.45) is 0. The molecule has 7 heteroatoms. The smallest absolute Gasteiger partial charge is 0.268 e. The number of hydrogen-bond donors (Lipinski definition) is 2. The van der Waals surface area contributed by atoms with Crippen molar-refractivity contribution in [2.45, 2.75) is 6.54 Å². The molecule has 1 aliphatic rings. The second kappa shape index (κ2) is 5.49. The van der Waals surface area contributed by atoms with Crippen LogP contribution in [-0.2, 0) is 6.54 Å². The van der Waals surface area contributed by atoms with Gasteiger partial charge >= 0.3 is 0 Å². The van der Waals surface area contributed by atoms with Crippen LogP contribution in [0.15, 0.2) is 33.3 Å². The van der Waals surface area contributed by atoms with E-state index in [1.165, 1.54) is 0 Å². The van der Waals surface area contributed by atoms with E-state index in [-0.39, 0.29) is 12.7 Å². The highest BCUT2D eigenvalue weighted by Gasteiger charge is 2.14. The molecule has 0 saturated heterocycles. The lowest BCUT2D eigenvalue weighted by Gasteiger charge is -2.05. The minimum absolute atomic E-state index is 0.172. The Hall–Kier alpha value is -1.47. The number of carbonyl (C=O) groups is 1. The highest BCUT2D eigenvalue weighted by molar-refractivity contribution is 9.13. The summed E-state index contributed by atoms with van der Waals surface area (Å²) in [4.78, 5) is 14.9. The number of halogens is 2. The van der Waals surface area contributed by atoms with Crippen molar-refractivity contribution in [3.63, 3.8) is 0 Å². The fourth-order valence-electron chi connectivity index (χ4n) is 1.85. The summed E-state index contributed by atoms with van der Waals surface area (Å²) in [5, 5.41) is 2.84. The molecule has 0 radical (unpaired) electrons. The third kappa shape index (κ3) is 2.69. The molecule has 0 saturated carbocycles. The van der Waals surface area contributed by atoms with Crippen LogP contribution in [0.2, 0.25) is 0 Å². The van der Waals surface area contributed by atoms with Crippen LogP contribution >= 0.6 is 31.9 Å². The fourth-order valence-corrected chi connectivity index (χ4v) is 2.51. The van der Waals surface area contributed by atoms with Crippen LogP contribution in [0, 0.1) is 0 Å². The standard InChI is InChI=1S/C13H10Br2N2O3/c14-8-4-9(17-12(8)15)13(18)16-5-7-1-2-10-11(3-7)20-6-19-10/h1-4,17H,5-6H2,(H,16,18). The summed E-state index contributed by atoms with van der Waals surface area (Å²) in [6, 6.07) is 7.32. The summed E-state index contributed by atoms with van der Waals surface area (Å²) in [6.45, 7) is 0.666. The zero-order chi connectivity index (χ0) is 14.1. The first kappa shape index (κ1) is 13.5. The Balaban J connectivity index is 1.66. The van der Waals surface area contributed by atoms with Gasteiger partial charge < -0.3 is 19.8 Å². The summed E-state index contributed by atoms with van der Waals surface area (Å²) in [5.41, 5.74) is 1.44. The van der Waals surface area contributed by atoms with Crippen molar-refractivity contribution in [1.29, 1.82) is 0 Å². The maximum absolute atomic E-state index is 12.0. The first-order valence-electron chi connectivity index (χ1n) is 5.84. The van der Waals surface area contributed by atoms with Gasteiger partial charge in [-0.05, 0) is 55.6 Å². The molecule has 2 aromatic rings. The summed E-state index contributed by atoms with van der Waals surface area (Å²) in [7, 11) is 0. The van der Waals surface area contributed by atoms with E-state index in [4.69, 9.17) is 9.47 Å². The highest BCUT2D eigenvalue weighted by atomic mass is 79.9.